The molecule has 1 unspecified atom stereocenters. The first-order valence-electron chi connectivity index (χ1n) is 3.84. The minimum Gasteiger partial charge on any atom is -0.375 e. The van der Waals surface area contributed by atoms with Gasteiger partial charge >= 0.3 is 5.97 Å². The Kier molecular flexibility index (Phi) is 4.01. The van der Waals surface area contributed by atoms with Crippen LogP contribution < -0.4 is 11.2 Å². The lowest BCUT2D eigenvalue weighted by Gasteiger charge is -2.10. The molecular weight excluding hydrogens is 242 g/mol. The third kappa shape index (κ3) is 3.46. The first kappa shape index (κ1) is 11.9. The van der Waals surface area contributed by atoms with Crippen molar-refractivity contribution in [2.45, 2.75) is 13.0 Å². The number of carbonyl (C=O) groups excluding carboxylic acids is 2. The summed E-state index contributed by atoms with van der Waals surface area (Å²) in [6, 6.07) is -0.996. The minimum atomic E-state index is -0.996. The van der Waals surface area contributed by atoms with E-state index in [1.165, 1.54) is 6.92 Å². The van der Waals surface area contributed by atoms with Crippen molar-refractivity contribution in [2.75, 3.05) is 5.73 Å². The van der Waals surface area contributed by atoms with Crippen LogP contribution in [-0.4, -0.2) is 16.2 Å². The van der Waals surface area contributed by atoms with E-state index < -0.39 is 17.3 Å². The van der Waals surface area contributed by atoms with Gasteiger partial charge in [0.1, 0.15) is 0 Å². The number of aromatic nitrogens is 1. The maximum atomic E-state index is 11.0. The summed E-state index contributed by atoms with van der Waals surface area (Å²) >= 11 is 6.46. The van der Waals surface area contributed by atoms with Crippen LogP contribution in [0.4, 0.5) is 5.13 Å². The van der Waals surface area contributed by atoms with Crippen LogP contribution in [0.15, 0.2) is 5.38 Å². The fourth-order valence-corrected chi connectivity index (χ4v) is 1.54. The molecule has 82 valence electrons. The Bertz CT molecular complexity index is 381. The van der Waals surface area contributed by atoms with E-state index in [1.54, 1.807) is 5.38 Å². The highest BCUT2D eigenvalue weighted by molar-refractivity contribution is 7.13. The van der Waals surface area contributed by atoms with Gasteiger partial charge in [0.15, 0.2) is 11.2 Å². The number of nitrogens with zero attached hydrogens (tertiary/aromatic N) is 1. The standard InChI is InChI=1S/C7H8ClN3O3S/c1-3(12)14-11-5(6(8)13)4-2-15-7(9)10-4/h2,5,11H,1H3,(H2,9,10). The second-order valence-corrected chi connectivity index (χ2v) is 3.82. The number of hydrogen-bond acceptors (Lipinski definition) is 7. The smallest absolute Gasteiger partial charge is 0.321 e. The third-order valence-electron chi connectivity index (χ3n) is 1.38. The highest BCUT2D eigenvalue weighted by atomic mass is 35.5. The Labute approximate surface area is 94.3 Å². The molecule has 1 aromatic rings. The summed E-state index contributed by atoms with van der Waals surface area (Å²) in [5, 5.41) is 1.12. The van der Waals surface area contributed by atoms with E-state index in [0.717, 1.165) is 11.3 Å². The molecule has 0 bridgehead atoms. The topological polar surface area (TPSA) is 94.3 Å². The van der Waals surface area contributed by atoms with E-state index in [-0.39, 0.29) is 0 Å². The lowest BCUT2D eigenvalue weighted by molar-refractivity contribution is -0.151. The quantitative estimate of drug-likeness (QED) is 0.599. The molecule has 0 aliphatic rings. The Hall–Kier alpha value is -1.18. The predicted octanol–water partition coefficient (Wildman–Crippen LogP) is 0.600. The van der Waals surface area contributed by atoms with Crippen LogP contribution in [0.5, 0.6) is 0 Å². The number of rotatable bonds is 4. The number of thiazole rings is 1. The monoisotopic (exact) mass is 249 g/mol. The average molecular weight is 250 g/mol. The van der Waals surface area contributed by atoms with Gasteiger partial charge in [0, 0.05) is 12.3 Å². The number of hydrogen-bond donors (Lipinski definition) is 2. The molecule has 8 heteroatoms. The van der Waals surface area contributed by atoms with Gasteiger partial charge in [-0.25, -0.2) is 4.98 Å². The zero-order valence-corrected chi connectivity index (χ0v) is 9.26. The van der Waals surface area contributed by atoms with Gasteiger partial charge in [-0.2, -0.15) is 0 Å². The van der Waals surface area contributed by atoms with Crippen molar-refractivity contribution in [3.63, 3.8) is 0 Å². The van der Waals surface area contributed by atoms with Crippen LogP contribution in [0, 0.1) is 0 Å². The van der Waals surface area contributed by atoms with Crippen LogP contribution in [-0.2, 0) is 14.4 Å². The normalized spacial score (nSPS) is 12.1. The fraction of sp³-hybridized carbons (Fsp3) is 0.286. The van der Waals surface area contributed by atoms with E-state index in [9.17, 15) is 9.59 Å². The van der Waals surface area contributed by atoms with E-state index in [1.807, 2.05) is 0 Å². The summed E-state index contributed by atoms with van der Waals surface area (Å²) in [6.45, 7) is 1.19. The van der Waals surface area contributed by atoms with Gasteiger partial charge in [-0.3, -0.25) is 9.59 Å². The van der Waals surface area contributed by atoms with Gasteiger partial charge < -0.3 is 10.6 Å². The van der Waals surface area contributed by atoms with Crippen LogP contribution in [0.25, 0.3) is 0 Å². The first-order valence-corrected chi connectivity index (χ1v) is 5.09. The molecule has 15 heavy (non-hydrogen) atoms. The van der Waals surface area contributed by atoms with Crippen LogP contribution in [0.2, 0.25) is 0 Å². The van der Waals surface area contributed by atoms with E-state index in [4.69, 9.17) is 17.3 Å². The highest BCUT2D eigenvalue weighted by Gasteiger charge is 2.22. The second kappa shape index (κ2) is 5.06. The molecule has 1 heterocycles. The summed E-state index contributed by atoms with van der Waals surface area (Å²) in [5.41, 5.74) is 7.91. The van der Waals surface area contributed by atoms with Gasteiger partial charge in [0.25, 0.3) is 0 Å². The molecule has 3 N–H and O–H groups in total. The Morgan fingerprint density at radius 2 is 2.40 bits per heavy atom. The van der Waals surface area contributed by atoms with Gasteiger partial charge in [-0.1, -0.05) is 0 Å². The van der Waals surface area contributed by atoms with E-state index in [2.05, 4.69) is 15.3 Å². The van der Waals surface area contributed by atoms with Crippen molar-refractivity contribution in [3.8, 4) is 0 Å². The molecule has 0 aliphatic heterocycles. The minimum absolute atomic E-state index is 0.303. The molecule has 0 aliphatic carbocycles. The van der Waals surface area contributed by atoms with Crippen LogP contribution in [0.3, 0.4) is 0 Å². The number of nitrogen functional groups attached to an aromatic ring is 1. The SMILES string of the molecule is CC(=O)ONC(C(=O)Cl)c1csc(N)n1. The number of nitrogens with two attached hydrogens (primary N) is 1. The van der Waals surface area contributed by atoms with Crippen LogP contribution in [0.1, 0.15) is 18.7 Å². The number of carbonyl (C=O) groups is 2. The third-order valence-corrected chi connectivity index (χ3v) is 2.29. The molecule has 1 atom stereocenters. The van der Waals surface area contributed by atoms with Gasteiger partial charge in [0.05, 0.1) is 5.69 Å². The van der Waals surface area contributed by atoms with Crippen molar-refractivity contribution < 1.29 is 14.4 Å². The summed E-state index contributed by atoms with van der Waals surface area (Å²) in [6.07, 6.45) is 0. The molecule has 6 nitrogen and oxygen atoms in total. The lowest BCUT2D eigenvalue weighted by Crippen LogP contribution is -2.28. The number of halogens is 1. The van der Waals surface area contributed by atoms with Crippen molar-refractivity contribution >= 4 is 39.3 Å². The van der Waals surface area contributed by atoms with E-state index in [0.29, 0.717) is 10.8 Å². The zero-order valence-electron chi connectivity index (χ0n) is 7.69. The van der Waals surface area contributed by atoms with Gasteiger partial charge in [-0.05, 0) is 11.6 Å². The molecule has 0 saturated carbocycles. The second-order valence-electron chi connectivity index (χ2n) is 2.56. The largest absolute Gasteiger partial charge is 0.375 e. The maximum Gasteiger partial charge on any atom is 0.321 e. The molecule has 0 saturated heterocycles. The molecule has 1 aromatic heterocycles. The van der Waals surface area contributed by atoms with Crippen molar-refractivity contribution in [1.82, 2.24) is 10.5 Å². The average Bonchev–Trinajstić information content (AvgIpc) is 2.51. The lowest BCUT2D eigenvalue weighted by atomic mass is 10.3. The summed E-state index contributed by atoms with van der Waals surface area (Å²) < 4.78 is 0. The molecule has 0 amide bonds. The zero-order chi connectivity index (χ0) is 11.4. The Morgan fingerprint density at radius 3 is 2.80 bits per heavy atom. The summed E-state index contributed by atoms with van der Waals surface area (Å²) in [5.74, 6) is -0.582. The molecule has 0 spiro atoms. The number of hydroxylamine groups is 1. The summed E-state index contributed by atoms with van der Waals surface area (Å²) in [7, 11) is 0. The molecule has 0 fully saturated rings. The molecule has 0 radical (unpaired) electrons. The number of anilines is 1. The molecule has 0 aromatic carbocycles. The Balaban J connectivity index is 2.74. The molecular formula is C7H8ClN3O3S. The fourth-order valence-electron chi connectivity index (χ4n) is 0.798. The summed E-state index contributed by atoms with van der Waals surface area (Å²) in [4.78, 5) is 29.8. The van der Waals surface area contributed by atoms with Crippen molar-refractivity contribution in [2.24, 2.45) is 0 Å². The van der Waals surface area contributed by atoms with Gasteiger partial charge in [0.2, 0.25) is 5.24 Å². The van der Waals surface area contributed by atoms with Crippen molar-refractivity contribution in [1.29, 1.82) is 0 Å². The first-order chi connectivity index (χ1) is 7.00. The van der Waals surface area contributed by atoms with Crippen molar-refractivity contribution in [3.05, 3.63) is 11.1 Å². The Morgan fingerprint density at radius 1 is 1.73 bits per heavy atom. The van der Waals surface area contributed by atoms with Gasteiger partial charge in [-0.15, -0.1) is 16.8 Å². The van der Waals surface area contributed by atoms with Crippen LogP contribution >= 0.6 is 22.9 Å². The molecule has 1 rings (SSSR count). The number of nitrogens with one attached hydrogen (secondary N) is 1. The highest BCUT2D eigenvalue weighted by Crippen LogP contribution is 2.20. The van der Waals surface area contributed by atoms with E-state index >= 15 is 0 Å². The predicted molar refractivity (Wildman–Crippen MR) is 55.0 cm³/mol. The maximum absolute atomic E-state index is 11.0.